The van der Waals surface area contributed by atoms with Gasteiger partial charge in [-0.25, -0.2) is 4.98 Å². The molecule has 56 valence electrons. The van der Waals surface area contributed by atoms with Crippen LogP contribution in [0.2, 0.25) is 0 Å². The van der Waals surface area contributed by atoms with E-state index < -0.39 is 0 Å². The van der Waals surface area contributed by atoms with Crippen molar-refractivity contribution in [2.45, 2.75) is 6.92 Å². The lowest BCUT2D eigenvalue weighted by Gasteiger charge is -2.13. The van der Waals surface area contributed by atoms with Gasteiger partial charge in [-0.3, -0.25) is 0 Å². The monoisotopic (exact) mass is 141 g/mol. The fraction of sp³-hybridized carbons (Fsp3) is 0.500. The first kappa shape index (κ1) is 7.08. The third-order valence-corrected chi connectivity index (χ3v) is 1.16. The molecule has 0 N–H and O–H groups in total. The van der Waals surface area contributed by atoms with Crippen molar-refractivity contribution in [2.24, 2.45) is 0 Å². The molecule has 0 saturated heterocycles. The van der Waals surface area contributed by atoms with Crippen molar-refractivity contribution in [3.8, 4) is 0 Å². The van der Waals surface area contributed by atoms with Crippen LogP contribution in [0.5, 0.6) is 0 Å². The number of nitrogens with zero attached hydrogens (tertiary/aromatic N) is 3. The van der Waals surface area contributed by atoms with Gasteiger partial charge in [0.25, 0.3) is 0 Å². The van der Waals surface area contributed by atoms with Gasteiger partial charge in [0.2, 0.25) is 0 Å². The topological polar surface area (TPSA) is 30.3 Å². The molecule has 0 unspecified atom stereocenters. The van der Waals surface area contributed by atoms with Crippen LogP contribution >= 0.6 is 0 Å². The van der Waals surface area contributed by atoms with E-state index >= 15 is 0 Å². The van der Waals surface area contributed by atoms with Gasteiger partial charge >= 0.3 is 0 Å². The molecule has 1 heterocycles. The third-order valence-electron chi connectivity index (χ3n) is 1.16. The van der Waals surface area contributed by atoms with Crippen molar-refractivity contribution in [3.63, 3.8) is 0 Å². The van der Waals surface area contributed by atoms with Gasteiger partial charge in [0, 0.05) is 19.8 Å². The fourth-order valence-corrected chi connectivity index (χ4v) is 0.514. The first-order valence-corrected chi connectivity index (χ1v) is 3.20. The van der Waals surface area contributed by atoms with E-state index in [1.54, 1.807) is 28.5 Å². The van der Waals surface area contributed by atoms with Gasteiger partial charge in [-0.05, 0) is 6.92 Å². The molecule has 0 aliphatic carbocycles. The van der Waals surface area contributed by atoms with Crippen molar-refractivity contribution in [3.05, 3.63) is 18.7 Å². The Balaban J connectivity index is 2.40. The number of imidazole rings is 1. The molecule has 10 heavy (non-hydrogen) atoms. The molecule has 4 nitrogen and oxygen atoms in total. The molecule has 0 fully saturated rings. The summed E-state index contributed by atoms with van der Waals surface area (Å²) in [6.07, 6.45) is 5.02. The van der Waals surface area contributed by atoms with E-state index in [0.29, 0.717) is 0 Å². The lowest BCUT2D eigenvalue weighted by molar-refractivity contribution is -0.141. The molecule has 1 aromatic heterocycles. The Morgan fingerprint density at radius 3 is 3.00 bits per heavy atom. The minimum absolute atomic E-state index is 0.845. The first-order chi connectivity index (χ1) is 4.83. The number of hydrogen-bond acceptors (Lipinski definition) is 3. The summed E-state index contributed by atoms with van der Waals surface area (Å²) in [6, 6.07) is 0. The highest BCUT2D eigenvalue weighted by atomic mass is 16.8. The van der Waals surface area contributed by atoms with E-state index in [0.717, 1.165) is 6.54 Å². The van der Waals surface area contributed by atoms with E-state index in [-0.39, 0.29) is 0 Å². The zero-order valence-electron chi connectivity index (χ0n) is 6.19. The maximum atomic E-state index is 5.19. The molecule has 0 radical (unpaired) electrons. The van der Waals surface area contributed by atoms with Gasteiger partial charge in [-0.15, -0.1) is 5.06 Å². The van der Waals surface area contributed by atoms with E-state index in [4.69, 9.17) is 4.94 Å². The molecule has 0 atom stereocenters. The van der Waals surface area contributed by atoms with Crippen LogP contribution in [0.25, 0.3) is 0 Å². The highest BCUT2D eigenvalue weighted by Gasteiger charge is 1.93. The lowest BCUT2D eigenvalue weighted by Crippen LogP contribution is -2.28. The predicted molar refractivity (Wildman–Crippen MR) is 37.1 cm³/mol. The van der Waals surface area contributed by atoms with Crippen molar-refractivity contribution in [1.82, 2.24) is 14.8 Å². The van der Waals surface area contributed by atoms with E-state index in [1.165, 1.54) is 0 Å². The second kappa shape index (κ2) is 3.22. The summed E-state index contributed by atoms with van der Waals surface area (Å²) in [6.45, 7) is 2.86. The summed E-state index contributed by atoms with van der Waals surface area (Å²) in [5.41, 5.74) is 0. The molecule has 0 amide bonds. The minimum atomic E-state index is 0.845. The van der Waals surface area contributed by atoms with Crippen LogP contribution in [0, 0.1) is 0 Å². The molecule has 1 rings (SSSR count). The molecule has 0 spiro atoms. The van der Waals surface area contributed by atoms with E-state index in [9.17, 15) is 0 Å². The Morgan fingerprint density at radius 2 is 2.50 bits per heavy atom. The van der Waals surface area contributed by atoms with Gasteiger partial charge in [0.05, 0.1) is 6.20 Å². The van der Waals surface area contributed by atoms with Crippen LogP contribution in [0.15, 0.2) is 18.7 Å². The Hall–Kier alpha value is -1.03. The smallest absolute Gasteiger partial charge is 0.134 e. The quantitative estimate of drug-likeness (QED) is 0.562. The highest BCUT2D eigenvalue weighted by molar-refractivity contribution is 4.69. The van der Waals surface area contributed by atoms with Crippen molar-refractivity contribution in [1.29, 1.82) is 0 Å². The minimum Gasteiger partial charge on any atom is -0.315 e. The average molecular weight is 141 g/mol. The summed E-state index contributed by atoms with van der Waals surface area (Å²) in [7, 11) is 1.86. The van der Waals surface area contributed by atoms with Gasteiger partial charge in [0.1, 0.15) is 6.33 Å². The Morgan fingerprint density at radius 1 is 1.70 bits per heavy atom. The van der Waals surface area contributed by atoms with Gasteiger partial charge < -0.3 is 4.94 Å². The van der Waals surface area contributed by atoms with Gasteiger partial charge in [0.15, 0.2) is 0 Å². The molecule has 0 saturated carbocycles. The van der Waals surface area contributed by atoms with Crippen LogP contribution < -0.4 is 4.94 Å². The second-order valence-electron chi connectivity index (χ2n) is 1.95. The Labute approximate surface area is 59.9 Å². The molecule has 4 heteroatoms. The Kier molecular flexibility index (Phi) is 2.28. The van der Waals surface area contributed by atoms with Crippen LogP contribution in [-0.4, -0.2) is 28.4 Å². The van der Waals surface area contributed by atoms with Gasteiger partial charge in [-0.2, -0.15) is 4.73 Å². The largest absolute Gasteiger partial charge is 0.315 e. The zero-order valence-corrected chi connectivity index (χ0v) is 6.19. The molecular formula is C6H11N3O. The SMILES string of the molecule is CCN(C)On1ccnc1. The molecule has 0 aliphatic rings. The molecule has 1 aromatic rings. The number of aromatic nitrogens is 2. The second-order valence-corrected chi connectivity index (χ2v) is 1.95. The summed E-state index contributed by atoms with van der Waals surface area (Å²) in [5.74, 6) is 0. The summed E-state index contributed by atoms with van der Waals surface area (Å²) in [4.78, 5) is 9.01. The third kappa shape index (κ3) is 1.73. The normalized spacial score (nSPS) is 10.3. The lowest BCUT2D eigenvalue weighted by atomic mass is 10.8. The first-order valence-electron chi connectivity index (χ1n) is 3.20. The Bertz CT molecular complexity index is 173. The van der Waals surface area contributed by atoms with Crippen molar-refractivity contribution in [2.75, 3.05) is 13.6 Å². The highest BCUT2D eigenvalue weighted by Crippen LogP contribution is 1.82. The van der Waals surface area contributed by atoms with Crippen LogP contribution in [-0.2, 0) is 0 Å². The maximum Gasteiger partial charge on any atom is 0.134 e. The summed E-state index contributed by atoms with van der Waals surface area (Å²) < 4.78 is 1.55. The number of hydroxylamine groups is 2. The molecular weight excluding hydrogens is 130 g/mol. The molecule has 0 aliphatic heterocycles. The van der Waals surface area contributed by atoms with Gasteiger partial charge in [-0.1, -0.05) is 0 Å². The predicted octanol–water partition coefficient (Wildman–Crippen LogP) is 0.178. The van der Waals surface area contributed by atoms with Crippen molar-refractivity contribution < 1.29 is 4.94 Å². The van der Waals surface area contributed by atoms with Crippen LogP contribution in [0.1, 0.15) is 6.92 Å². The average Bonchev–Trinajstić information content (AvgIpc) is 2.40. The number of rotatable bonds is 3. The van der Waals surface area contributed by atoms with E-state index in [1.807, 2.05) is 14.0 Å². The molecule has 0 bridgehead atoms. The van der Waals surface area contributed by atoms with Crippen LogP contribution in [0.3, 0.4) is 0 Å². The summed E-state index contributed by atoms with van der Waals surface area (Å²) >= 11 is 0. The van der Waals surface area contributed by atoms with Crippen LogP contribution in [0.4, 0.5) is 0 Å². The number of hydrogen-bond donors (Lipinski definition) is 0. The summed E-state index contributed by atoms with van der Waals surface area (Å²) in [5, 5.41) is 1.71. The van der Waals surface area contributed by atoms with E-state index in [2.05, 4.69) is 4.98 Å². The molecule has 0 aromatic carbocycles. The fourth-order valence-electron chi connectivity index (χ4n) is 0.514. The zero-order chi connectivity index (χ0) is 7.40. The maximum absolute atomic E-state index is 5.19. The van der Waals surface area contributed by atoms with Crippen molar-refractivity contribution >= 4 is 0 Å². The standard InChI is InChI=1S/C6H11N3O/c1-3-8(2)10-9-5-4-7-6-9/h4-6H,3H2,1-2H3.